The van der Waals surface area contributed by atoms with Crippen LogP contribution in [0, 0.1) is 0 Å². The van der Waals surface area contributed by atoms with Crippen LogP contribution >= 0.6 is 0 Å². The van der Waals surface area contributed by atoms with Gasteiger partial charge in [0.2, 0.25) is 0 Å². The first-order valence-corrected chi connectivity index (χ1v) is 9.19. The molecule has 2 heterocycles. The second-order valence-corrected chi connectivity index (χ2v) is 6.93. The summed E-state index contributed by atoms with van der Waals surface area (Å²) < 4.78 is 0. The maximum atomic E-state index is 13.1. The third-order valence-corrected chi connectivity index (χ3v) is 5.26. The minimum atomic E-state index is 0.0756. The van der Waals surface area contributed by atoms with Crippen LogP contribution in [0.5, 0.6) is 0 Å². The highest BCUT2D eigenvalue weighted by atomic mass is 16.2. The highest BCUT2D eigenvalue weighted by molar-refractivity contribution is 5.98. The third kappa shape index (κ3) is 2.79. The fraction of sp³-hybridized carbons (Fsp3) is 0.130. The molecule has 0 spiro atoms. The molecule has 27 heavy (non-hydrogen) atoms. The highest BCUT2D eigenvalue weighted by Gasteiger charge is 2.26. The van der Waals surface area contributed by atoms with Gasteiger partial charge in [-0.3, -0.25) is 9.89 Å². The standard InChI is InChI=1S/C23H19N3O/c27-23(19-11-10-16-6-4-5-9-18(16)14-19)26-13-12-21-20(15-26)22(25-24-21)17-7-2-1-3-8-17/h1-11,14H,12-13,15H2,(H,24,25). The fourth-order valence-corrected chi connectivity index (χ4v) is 3.81. The Hall–Kier alpha value is -3.40. The molecule has 3 aromatic carbocycles. The number of amides is 1. The van der Waals surface area contributed by atoms with E-state index in [9.17, 15) is 4.79 Å². The molecule has 0 saturated carbocycles. The first kappa shape index (κ1) is 15.8. The predicted molar refractivity (Wildman–Crippen MR) is 106 cm³/mol. The van der Waals surface area contributed by atoms with E-state index < -0.39 is 0 Å². The number of hydrogen-bond acceptors (Lipinski definition) is 2. The fourth-order valence-electron chi connectivity index (χ4n) is 3.81. The minimum absolute atomic E-state index is 0.0756. The van der Waals surface area contributed by atoms with Crippen LogP contribution in [0.1, 0.15) is 21.6 Å². The van der Waals surface area contributed by atoms with Gasteiger partial charge < -0.3 is 4.90 Å². The van der Waals surface area contributed by atoms with Gasteiger partial charge in [-0.2, -0.15) is 5.10 Å². The van der Waals surface area contributed by atoms with Crippen LogP contribution in [0.3, 0.4) is 0 Å². The first-order chi connectivity index (χ1) is 13.3. The van der Waals surface area contributed by atoms with E-state index >= 15 is 0 Å². The molecule has 0 unspecified atom stereocenters. The number of fused-ring (bicyclic) bond motifs is 2. The number of aromatic amines is 1. The van der Waals surface area contributed by atoms with Crippen LogP contribution in [0.25, 0.3) is 22.0 Å². The summed E-state index contributed by atoms with van der Waals surface area (Å²) in [5, 5.41) is 9.91. The van der Waals surface area contributed by atoms with Crippen LogP contribution in [0.4, 0.5) is 0 Å². The van der Waals surface area contributed by atoms with Gasteiger partial charge in [0.1, 0.15) is 0 Å². The zero-order valence-corrected chi connectivity index (χ0v) is 14.9. The summed E-state index contributed by atoms with van der Waals surface area (Å²) in [7, 11) is 0. The summed E-state index contributed by atoms with van der Waals surface area (Å²) >= 11 is 0. The van der Waals surface area contributed by atoms with Crippen molar-refractivity contribution in [1.29, 1.82) is 0 Å². The zero-order valence-electron chi connectivity index (χ0n) is 14.9. The summed E-state index contributed by atoms with van der Waals surface area (Å²) in [6, 6.07) is 24.2. The molecule has 1 amide bonds. The van der Waals surface area contributed by atoms with E-state index in [-0.39, 0.29) is 5.91 Å². The molecule has 1 aromatic heterocycles. The largest absolute Gasteiger partial charge is 0.334 e. The van der Waals surface area contributed by atoms with Crippen molar-refractivity contribution in [1.82, 2.24) is 15.1 Å². The van der Waals surface area contributed by atoms with E-state index in [2.05, 4.69) is 28.4 Å². The number of carbonyl (C=O) groups excluding carboxylic acids is 1. The van der Waals surface area contributed by atoms with Crippen LogP contribution in [0.15, 0.2) is 72.8 Å². The van der Waals surface area contributed by atoms with E-state index in [1.54, 1.807) is 0 Å². The molecule has 0 saturated heterocycles. The van der Waals surface area contributed by atoms with Gasteiger partial charge in [-0.1, -0.05) is 60.7 Å². The molecule has 0 atom stereocenters. The summed E-state index contributed by atoms with van der Waals surface area (Å²) in [4.78, 5) is 15.0. The summed E-state index contributed by atoms with van der Waals surface area (Å²) in [6.07, 6.45) is 0.800. The van der Waals surface area contributed by atoms with Gasteiger partial charge in [-0.15, -0.1) is 0 Å². The van der Waals surface area contributed by atoms with E-state index in [1.165, 1.54) is 0 Å². The summed E-state index contributed by atoms with van der Waals surface area (Å²) in [6.45, 7) is 1.29. The molecule has 5 rings (SSSR count). The average Bonchev–Trinajstić information content (AvgIpc) is 3.17. The normalized spacial score (nSPS) is 13.6. The molecule has 4 heteroatoms. The van der Waals surface area contributed by atoms with Gasteiger partial charge in [0, 0.05) is 41.9 Å². The lowest BCUT2D eigenvalue weighted by Crippen LogP contribution is -2.35. The lowest BCUT2D eigenvalue weighted by Gasteiger charge is -2.27. The second-order valence-electron chi connectivity index (χ2n) is 6.93. The summed E-state index contributed by atoms with van der Waals surface area (Å²) in [5.41, 5.74) is 5.02. The van der Waals surface area contributed by atoms with Crippen molar-refractivity contribution < 1.29 is 4.79 Å². The van der Waals surface area contributed by atoms with Crippen LogP contribution < -0.4 is 0 Å². The number of hydrogen-bond donors (Lipinski definition) is 1. The molecular weight excluding hydrogens is 334 g/mol. The Labute approximate surface area is 157 Å². The molecule has 4 nitrogen and oxygen atoms in total. The van der Waals surface area contributed by atoms with E-state index in [4.69, 9.17) is 0 Å². The van der Waals surface area contributed by atoms with Crippen molar-refractivity contribution in [3.8, 4) is 11.3 Å². The maximum Gasteiger partial charge on any atom is 0.254 e. The predicted octanol–water partition coefficient (Wildman–Crippen LogP) is 4.43. The van der Waals surface area contributed by atoms with Crippen LogP contribution in [0.2, 0.25) is 0 Å². The van der Waals surface area contributed by atoms with Crippen molar-refractivity contribution >= 4 is 16.7 Å². The van der Waals surface area contributed by atoms with Crippen molar-refractivity contribution in [2.24, 2.45) is 0 Å². The molecule has 0 bridgehead atoms. The van der Waals surface area contributed by atoms with Crippen molar-refractivity contribution in [3.05, 3.63) is 89.6 Å². The monoisotopic (exact) mass is 353 g/mol. The minimum Gasteiger partial charge on any atom is -0.334 e. The Bertz CT molecular complexity index is 1130. The van der Waals surface area contributed by atoms with Gasteiger partial charge in [-0.05, 0) is 22.9 Å². The molecule has 1 aliphatic heterocycles. The number of carbonyl (C=O) groups is 1. The smallest absolute Gasteiger partial charge is 0.254 e. The Morgan fingerprint density at radius 3 is 2.56 bits per heavy atom. The van der Waals surface area contributed by atoms with Crippen LogP contribution in [-0.4, -0.2) is 27.5 Å². The molecule has 4 aromatic rings. The molecule has 0 radical (unpaired) electrons. The zero-order chi connectivity index (χ0) is 18.2. The number of benzene rings is 3. The van der Waals surface area contributed by atoms with E-state index in [1.807, 2.05) is 59.5 Å². The van der Waals surface area contributed by atoms with Crippen molar-refractivity contribution in [3.63, 3.8) is 0 Å². The topological polar surface area (TPSA) is 49.0 Å². The molecular formula is C23H19N3O. The first-order valence-electron chi connectivity index (χ1n) is 9.19. The number of nitrogens with one attached hydrogen (secondary N) is 1. The number of H-pyrrole nitrogens is 1. The van der Waals surface area contributed by atoms with Crippen molar-refractivity contribution in [2.75, 3.05) is 6.54 Å². The Kier molecular flexibility index (Phi) is 3.75. The third-order valence-electron chi connectivity index (χ3n) is 5.26. The molecule has 0 fully saturated rings. The number of rotatable bonds is 2. The Balaban J connectivity index is 1.46. The van der Waals surface area contributed by atoms with E-state index in [0.717, 1.165) is 45.3 Å². The highest BCUT2D eigenvalue weighted by Crippen LogP contribution is 2.29. The Morgan fingerprint density at radius 2 is 1.70 bits per heavy atom. The van der Waals surface area contributed by atoms with Gasteiger partial charge in [0.05, 0.1) is 5.69 Å². The molecule has 1 N–H and O–H groups in total. The second kappa shape index (κ2) is 6.40. The van der Waals surface area contributed by atoms with Gasteiger partial charge >= 0.3 is 0 Å². The summed E-state index contributed by atoms with van der Waals surface area (Å²) in [5.74, 6) is 0.0756. The SMILES string of the molecule is O=C(c1ccc2ccccc2c1)N1CCc2[nH]nc(-c3ccccc3)c2C1. The average molecular weight is 353 g/mol. The van der Waals surface area contributed by atoms with E-state index in [0.29, 0.717) is 13.1 Å². The van der Waals surface area contributed by atoms with Gasteiger partial charge in [-0.25, -0.2) is 0 Å². The van der Waals surface area contributed by atoms with Gasteiger partial charge in [0.15, 0.2) is 0 Å². The molecule has 0 aliphatic carbocycles. The van der Waals surface area contributed by atoms with Crippen LogP contribution in [-0.2, 0) is 13.0 Å². The lowest BCUT2D eigenvalue weighted by atomic mass is 10.00. The molecule has 132 valence electrons. The van der Waals surface area contributed by atoms with Crippen molar-refractivity contribution in [2.45, 2.75) is 13.0 Å². The maximum absolute atomic E-state index is 13.1. The number of nitrogens with zero attached hydrogens (tertiary/aromatic N) is 2. The van der Waals surface area contributed by atoms with Gasteiger partial charge in [0.25, 0.3) is 5.91 Å². The Morgan fingerprint density at radius 1 is 0.926 bits per heavy atom. The number of aromatic nitrogens is 2. The quantitative estimate of drug-likeness (QED) is 0.580. The molecule has 1 aliphatic rings. The lowest BCUT2D eigenvalue weighted by molar-refractivity contribution is 0.0735.